The first-order valence-corrected chi connectivity index (χ1v) is 4.88. The zero-order valence-electron chi connectivity index (χ0n) is 9.57. The number of anilines is 1. The number of rotatable bonds is 3. The number of nitrogens with zero attached hydrogens (tertiary/aromatic N) is 3. The first-order valence-electron chi connectivity index (χ1n) is 4.88. The van der Waals surface area contributed by atoms with Crippen molar-refractivity contribution in [2.75, 3.05) is 11.6 Å². The number of hydrogen-bond acceptors (Lipinski definition) is 4. The molecule has 4 nitrogen and oxygen atoms in total. The van der Waals surface area contributed by atoms with Crippen LogP contribution >= 0.6 is 0 Å². The minimum atomic E-state index is 0.128. The zero-order chi connectivity index (χ0) is 11.5. The molecule has 2 N–H and O–H groups in total. The van der Waals surface area contributed by atoms with E-state index in [1.165, 1.54) is 0 Å². The fourth-order valence-corrected chi connectivity index (χ4v) is 1.33. The van der Waals surface area contributed by atoms with E-state index in [9.17, 15) is 0 Å². The van der Waals surface area contributed by atoms with Crippen LogP contribution in [0.25, 0.3) is 0 Å². The van der Waals surface area contributed by atoms with Gasteiger partial charge >= 0.3 is 0 Å². The Bertz CT molecular complexity index is 341. The van der Waals surface area contributed by atoms with Crippen LogP contribution < -0.4 is 10.9 Å². The van der Waals surface area contributed by atoms with Gasteiger partial charge in [-0.15, -0.1) is 0 Å². The van der Waals surface area contributed by atoms with Gasteiger partial charge in [-0.1, -0.05) is 20.8 Å². The van der Waals surface area contributed by atoms with E-state index in [0.717, 1.165) is 12.2 Å². The van der Waals surface area contributed by atoms with E-state index in [2.05, 4.69) is 37.5 Å². The largest absolute Gasteiger partial charge is 0.307 e. The average Bonchev–Trinajstić information content (AvgIpc) is 2.15. The van der Waals surface area contributed by atoms with Crippen molar-refractivity contribution in [3.8, 4) is 0 Å². The summed E-state index contributed by atoms with van der Waals surface area (Å²) < 4.78 is 0. The average molecular weight is 206 g/mol. The fraction of sp³-hybridized carbons (Fsp3) is 0.455. The molecule has 1 heterocycles. The van der Waals surface area contributed by atoms with Crippen molar-refractivity contribution in [3.05, 3.63) is 18.3 Å². The highest BCUT2D eigenvalue weighted by Gasteiger charge is 2.16. The van der Waals surface area contributed by atoms with E-state index in [4.69, 9.17) is 5.84 Å². The number of aromatic nitrogens is 1. The summed E-state index contributed by atoms with van der Waals surface area (Å²) >= 11 is 0. The summed E-state index contributed by atoms with van der Waals surface area (Å²) in [6.45, 7) is 10.6. The molecule has 0 radical (unpaired) electrons. The molecule has 0 spiro atoms. The Kier molecular flexibility index (Phi) is 3.42. The molecular formula is C11H18N4. The second-order valence-electron chi connectivity index (χ2n) is 4.69. The molecule has 15 heavy (non-hydrogen) atoms. The molecular weight excluding hydrogens is 188 g/mol. The predicted molar refractivity (Wildman–Crippen MR) is 64.4 cm³/mol. The highest BCUT2D eigenvalue weighted by atomic mass is 15.4. The zero-order valence-corrected chi connectivity index (χ0v) is 9.57. The van der Waals surface area contributed by atoms with Crippen LogP contribution in [0.3, 0.4) is 0 Å². The second-order valence-corrected chi connectivity index (χ2v) is 4.69. The fourth-order valence-electron chi connectivity index (χ4n) is 1.33. The Labute approximate surface area is 90.8 Å². The Hall–Kier alpha value is -1.42. The maximum atomic E-state index is 5.96. The van der Waals surface area contributed by atoms with E-state index in [1.807, 2.05) is 12.1 Å². The van der Waals surface area contributed by atoms with E-state index in [1.54, 1.807) is 11.2 Å². The van der Waals surface area contributed by atoms with Gasteiger partial charge in [-0.25, -0.2) is 15.8 Å². The molecule has 0 atom stereocenters. The van der Waals surface area contributed by atoms with Gasteiger partial charge < -0.3 is 5.01 Å². The molecule has 82 valence electrons. The summed E-state index contributed by atoms with van der Waals surface area (Å²) in [5.41, 5.74) is 0.936. The van der Waals surface area contributed by atoms with Gasteiger partial charge in [-0.05, 0) is 24.3 Å². The molecule has 0 aromatic carbocycles. The van der Waals surface area contributed by atoms with Crippen molar-refractivity contribution in [1.82, 2.24) is 4.98 Å². The summed E-state index contributed by atoms with van der Waals surface area (Å²) in [7, 11) is 0. The Morgan fingerprint density at radius 1 is 1.53 bits per heavy atom. The van der Waals surface area contributed by atoms with Gasteiger partial charge in [0.2, 0.25) is 0 Å². The lowest BCUT2D eigenvalue weighted by Gasteiger charge is -2.27. The SMILES string of the molecule is C=Nc1ncccc1N(N)CC(C)(C)C. The highest BCUT2D eigenvalue weighted by molar-refractivity contribution is 5.63. The molecule has 0 amide bonds. The normalized spacial score (nSPS) is 11.2. The lowest BCUT2D eigenvalue weighted by Crippen LogP contribution is -2.38. The molecule has 0 saturated heterocycles. The smallest absolute Gasteiger partial charge is 0.176 e. The van der Waals surface area contributed by atoms with E-state index in [-0.39, 0.29) is 5.41 Å². The maximum Gasteiger partial charge on any atom is 0.176 e. The summed E-state index contributed by atoms with van der Waals surface area (Å²) in [5.74, 6) is 6.54. The molecule has 4 heteroatoms. The van der Waals surface area contributed by atoms with Gasteiger partial charge in [-0.3, -0.25) is 0 Å². The maximum absolute atomic E-state index is 5.96. The first-order chi connectivity index (χ1) is 6.94. The van der Waals surface area contributed by atoms with Crippen LogP contribution in [0.5, 0.6) is 0 Å². The summed E-state index contributed by atoms with van der Waals surface area (Å²) in [5, 5.41) is 1.66. The second kappa shape index (κ2) is 4.40. The Balaban J connectivity index is 2.90. The molecule has 0 aliphatic carbocycles. The van der Waals surface area contributed by atoms with Crippen molar-refractivity contribution in [2.24, 2.45) is 16.3 Å². The molecule has 0 saturated carbocycles. The predicted octanol–water partition coefficient (Wildman–Crippen LogP) is 2.14. The van der Waals surface area contributed by atoms with E-state index in [0.29, 0.717) is 5.82 Å². The molecule has 1 rings (SSSR count). The number of hydrogen-bond donors (Lipinski definition) is 1. The van der Waals surface area contributed by atoms with Crippen LogP contribution in [0.1, 0.15) is 20.8 Å². The monoisotopic (exact) mass is 206 g/mol. The number of hydrazine groups is 1. The van der Waals surface area contributed by atoms with E-state index < -0.39 is 0 Å². The lowest BCUT2D eigenvalue weighted by atomic mass is 9.96. The molecule has 1 aromatic rings. The van der Waals surface area contributed by atoms with Crippen molar-refractivity contribution < 1.29 is 0 Å². The van der Waals surface area contributed by atoms with Gasteiger partial charge in [0, 0.05) is 12.7 Å². The topological polar surface area (TPSA) is 54.5 Å². The Morgan fingerprint density at radius 3 is 2.73 bits per heavy atom. The first kappa shape index (κ1) is 11.7. The van der Waals surface area contributed by atoms with Gasteiger partial charge in [0.25, 0.3) is 0 Å². The van der Waals surface area contributed by atoms with Gasteiger partial charge in [0.1, 0.15) is 0 Å². The van der Waals surface area contributed by atoms with Crippen molar-refractivity contribution >= 4 is 18.2 Å². The molecule has 0 aliphatic rings. The van der Waals surface area contributed by atoms with Crippen molar-refractivity contribution in [2.45, 2.75) is 20.8 Å². The molecule has 0 fully saturated rings. The van der Waals surface area contributed by atoms with Crippen molar-refractivity contribution in [1.29, 1.82) is 0 Å². The minimum absolute atomic E-state index is 0.128. The summed E-state index contributed by atoms with van der Waals surface area (Å²) in [6.07, 6.45) is 1.68. The quantitative estimate of drug-likeness (QED) is 0.468. The highest BCUT2D eigenvalue weighted by Crippen LogP contribution is 2.25. The van der Waals surface area contributed by atoms with Crippen LogP contribution in [-0.4, -0.2) is 18.2 Å². The minimum Gasteiger partial charge on any atom is -0.307 e. The standard InChI is InChI=1S/C11H18N4/c1-11(2,3)8-15(12)9-6-5-7-14-10(9)13-4/h5-7H,4,8,12H2,1-3H3. The summed E-state index contributed by atoms with van der Waals surface area (Å²) in [4.78, 5) is 7.94. The third kappa shape index (κ3) is 3.32. The van der Waals surface area contributed by atoms with Gasteiger partial charge in [0.15, 0.2) is 5.82 Å². The Morgan fingerprint density at radius 2 is 2.20 bits per heavy atom. The van der Waals surface area contributed by atoms with E-state index >= 15 is 0 Å². The molecule has 0 unspecified atom stereocenters. The molecule has 0 bridgehead atoms. The molecule has 0 aliphatic heterocycles. The van der Waals surface area contributed by atoms with Crippen LogP contribution in [0.15, 0.2) is 23.3 Å². The van der Waals surface area contributed by atoms with Gasteiger partial charge in [-0.2, -0.15) is 0 Å². The van der Waals surface area contributed by atoms with Gasteiger partial charge in [0.05, 0.1) is 5.69 Å². The third-order valence-electron chi connectivity index (χ3n) is 1.87. The lowest BCUT2D eigenvalue weighted by molar-refractivity contribution is 0.412. The molecule has 1 aromatic heterocycles. The third-order valence-corrected chi connectivity index (χ3v) is 1.87. The van der Waals surface area contributed by atoms with Crippen LogP contribution in [0, 0.1) is 5.41 Å². The van der Waals surface area contributed by atoms with Crippen LogP contribution in [-0.2, 0) is 0 Å². The summed E-state index contributed by atoms with van der Waals surface area (Å²) in [6, 6.07) is 3.73. The number of aliphatic imine (C=N–C) groups is 1. The number of pyridine rings is 1. The van der Waals surface area contributed by atoms with Crippen molar-refractivity contribution in [3.63, 3.8) is 0 Å². The van der Waals surface area contributed by atoms with Crippen LogP contribution in [0.2, 0.25) is 0 Å². The number of nitrogens with two attached hydrogens (primary N) is 1. The van der Waals surface area contributed by atoms with Crippen LogP contribution in [0.4, 0.5) is 11.5 Å².